The minimum absolute atomic E-state index is 0.0172. The van der Waals surface area contributed by atoms with Crippen LogP contribution in [-0.4, -0.2) is 60.9 Å². The predicted octanol–water partition coefficient (Wildman–Crippen LogP) is 0.845. The SMILES string of the molecule is CN(C)CCCCN1CCC(=O)NC(C)(C2CC2)C1=O. The molecule has 1 saturated heterocycles. The molecular formula is C15H27N3O2. The van der Waals surface area contributed by atoms with E-state index in [2.05, 4.69) is 24.3 Å². The maximum atomic E-state index is 12.7. The van der Waals surface area contributed by atoms with Crippen molar-refractivity contribution in [1.82, 2.24) is 15.1 Å². The van der Waals surface area contributed by atoms with Crippen LogP contribution < -0.4 is 5.32 Å². The number of hydrogen-bond acceptors (Lipinski definition) is 3. The van der Waals surface area contributed by atoms with Crippen LogP contribution in [0.1, 0.15) is 39.0 Å². The topological polar surface area (TPSA) is 52.6 Å². The summed E-state index contributed by atoms with van der Waals surface area (Å²) in [6.07, 6.45) is 4.62. The lowest BCUT2D eigenvalue weighted by Crippen LogP contribution is -2.56. The minimum Gasteiger partial charge on any atom is -0.342 e. The summed E-state index contributed by atoms with van der Waals surface area (Å²) in [5, 5.41) is 2.97. The third kappa shape index (κ3) is 3.51. The molecule has 0 aromatic heterocycles. The van der Waals surface area contributed by atoms with Gasteiger partial charge in [-0.15, -0.1) is 0 Å². The molecule has 0 bridgehead atoms. The van der Waals surface area contributed by atoms with Crippen LogP contribution in [0.2, 0.25) is 0 Å². The number of carbonyl (C=O) groups excluding carboxylic acids is 2. The molecule has 1 heterocycles. The van der Waals surface area contributed by atoms with Crippen LogP contribution in [0.15, 0.2) is 0 Å². The second-order valence-electron chi connectivity index (χ2n) is 6.58. The van der Waals surface area contributed by atoms with Gasteiger partial charge in [-0.25, -0.2) is 0 Å². The van der Waals surface area contributed by atoms with Crippen molar-refractivity contribution in [2.45, 2.75) is 44.6 Å². The molecule has 1 unspecified atom stereocenters. The molecule has 5 heteroatoms. The predicted molar refractivity (Wildman–Crippen MR) is 78.3 cm³/mol. The van der Waals surface area contributed by atoms with E-state index in [1.165, 1.54) is 0 Å². The molecule has 2 amide bonds. The van der Waals surface area contributed by atoms with Gasteiger partial charge in [0.15, 0.2) is 0 Å². The smallest absolute Gasteiger partial charge is 0.248 e. The molecule has 2 fully saturated rings. The highest BCUT2D eigenvalue weighted by atomic mass is 16.2. The first-order chi connectivity index (χ1) is 9.43. The zero-order valence-corrected chi connectivity index (χ0v) is 12.9. The third-order valence-electron chi connectivity index (χ3n) is 4.42. The number of rotatable bonds is 6. The van der Waals surface area contributed by atoms with Gasteiger partial charge in [0, 0.05) is 19.5 Å². The van der Waals surface area contributed by atoms with Crippen molar-refractivity contribution in [2.75, 3.05) is 33.7 Å². The van der Waals surface area contributed by atoms with Crippen molar-refractivity contribution in [1.29, 1.82) is 0 Å². The third-order valence-corrected chi connectivity index (χ3v) is 4.42. The van der Waals surface area contributed by atoms with Crippen LogP contribution in [0.4, 0.5) is 0 Å². The fraction of sp³-hybridized carbons (Fsp3) is 0.867. The summed E-state index contributed by atoms with van der Waals surface area (Å²) >= 11 is 0. The molecule has 20 heavy (non-hydrogen) atoms. The highest BCUT2D eigenvalue weighted by Crippen LogP contribution is 2.41. The van der Waals surface area contributed by atoms with Crippen LogP contribution in [-0.2, 0) is 9.59 Å². The Balaban J connectivity index is 1.94. The van der Waals surface area contributed by atoms with Crippen molar-refractivity contribution < 1.29 is 9.59 Å². The Bertz CT molecular complexity index is 379. The summed E-state index contributed by atoms with van der Waals surface area (Å²) in [5.74, 6) is 0.473. The largest absolute Gasteiger partial charge is 0.342 e. The van der Waals surface area contributed by atoms with Crippen LogP contribution in [0.25, 0.3) is 0 Å². The molecule has 5 nitrogen and oxygen atoms in total. The van der Waals surface area contributed by atoms with Crippen LogP contribution >= 0.6 is 0 Å². The Labute approximate surface area is 121 Å². The van der Waals surface area contributed by atoms with E-state index in [1.807, 2.05) is 11.8 Å². The first kappa shape index (κ1) is 15.3. The van der Waals surface area contributed by atoms with E-state index in [0.717, 1.165) is 38.8 Å². The molecule has 2 aliphatic rings. The molecule has 2 rings (SSSR count). The van der Waals surface area contributed by atoms with Gasteiger partial charge in [-0.3, -0.25) is 9.59 Å². The van der Waals surface area contributed by atoms with Gasteiger partial charge in [0.1, 0.15) is 5.54 Å². The molecule has 0 radical (unpaired) electrons. The molecular weight excluding hydrogens is 254 g/mol. The number of amides is 2. The average Bonchev–Trinajstić information content (AvgIpc) is 3.20. The second-order valence-corrected chi connectivity index (χ2v) is 6.58. The summed E-state index contributed by atoms with van der Waals surface area (Å²) in [4.78, 5) is 28.6. The molecule has 0 aromatic carbocycles. The van der Waals surface area contributed by atoms with Gasteiger partial charge in [-0.2, -0.15) is 0 Å². The Hall–Kier alpha value is -1.10. The highest BCUT2D eigenvalue weighted by molar-refractivity contribution is 5.93. The fourth-order valence-electron chi connectivity index (χ4n) is 2.95. The van der Waals surface area contributed by atoms with Crippen LogP contribution in [0, 0.1) is 5.92 Å². The van der Waals surface area contributed by atoms with E-state index in [9.17, 15) is 9.59 Å². The summed E-state index contributed by atoms with van der Waals surface area (Å²) < 4.78 is 0. The highest BCUT2D eigenvalue weighted by Gasteiger charge is 2.50. The average molecular weight is 281 g/mol. The van der Waals surface area contributed by atoms with Crippen LogP contribution in [0.3, 0.4) is 0 Å². The summed E-state index contributed by atoms with van der Waals surface area (Å²) in [5.41, 5.74) is -0.658. The number of hydrogen-bond donors (Lipinski definition) is 1. The van der Waals surface area contributed by atoms with Gasteiger partial charge >= 0.3 is 0 Å². The van der Waals surface area contributed by atoms with Gasteiger partial charge < -0.3 is 15.1 Å². The Kier molecular flexibility index (Phi) is 4.68. The quantitative estimate of drug-likeness (QED) is 0.734. The Morgan fingerprint density at radius 3 is 2.60 bits per heavy atom. The molecule has 1 aliphatic heterocycles. The fourth-order valence-corrected chi connectivity index (χ4v) is 2.95. The van der Waals surface area contributed by atoms with Crippen molar-refractivity contribution >= 4 is 11.8 Å². The Morgan fingerprint density at radius 1 is 1.30 bits per heavy atom. The Morgan fingerprint density at radius 2 is 2.00 bits per heavy atom. The lowest BCUT2D eigenvalue weighted by Gasteiger charge is -2.32. The monoisotopic (exact) mass is 281 g/mol. The molecule has 0 aromatic rings. The van der Waals surface area contributed by atoms with Gasteiger partial charge in [0.25, 0.3) is 0 Å². The number of nitrogens with zero attached hydrogens (tertiary/aromatic N) is 2. The summed E-state index contributed by atoms with van der Waals surface area (Å²) in [6, 6.07) is 0. The van der Waals surface area contributed by atoms with E-state index in [4.69, 9.17) is 0 Å². The van der Waals surface area contributed by atoms with Crippen molar-refractivity contribution in [2.24, 2.45) is 5.92 Å². The maximum Gasteiger partial charge on any atom is 0.248 e. The minimum atomic E-state index is -0.658. The normalized spacial score (nSPS) is 27.7. The van der Waals surface area contributed by atoms with E-state index in [-0.39, 0.29) is 11.8 Å². The lowest BCUT2D eigenvalue weighted by atomic mass is 9.94. The van der Waals surface area contributed by atoms with Gasteiger partial charge in [-0.1, -0.05) is 0 Å². The number of nitrogens with one attached hydrogen (secondary N) is 1. The van der Waals surface area contributed by atoms with Gasteiger partial charge in [0.05, 0.1) is 0 Å². The van der Waals surface area contributed by atoms with Crippen molar-refractivity contribution in [3.8, 4) is 0 Å². The van der Waals surface area contributed by atoms with E-state index in [0.29, 0.717) is 18.9 Å². The zero-order valence-electron chi connectivity index (χ0n) is 12.9. The summed E-state index contributed by atoms with van der Waals surface area (Å²) in [6.45, 7) is 4.28. The maximum absolute atomic E-state index is 12.7. The lowest BCUT2D eigenvalue weighted by molar-refractivity contribution is -0.139. The molecule has 1 atom stereocenters. The van der Waals surface area contributed by atoms with Gasteiger partial charge in [-0.05, 0) is 59.2 Å². The first-order valence-corrected chi connectivity index (χ1v) is 7.68. The number of unbranched alkanes of at least 4 members (excludes halogenated alkanes) is 1. The molecule has 1 saturated carbocycles. The molecule has 1 aliphatic carbocycles. The number of carbonyl (C=O) groups is 2. The first-order valence-electron chi connectivity index (χ1n) is 7.68. The van der Waals surface area contributed by atoms with E-state index >= 15 is 0 Å². The molecule has 1 N–H and O–H groups in total. The van der Waals surface area contributed by atoms with Gasteiger partial charge in [0.2, 0.25) is 11.8 Å². The standard InChI is InChI=1S/C15H27N3O2/c1-15(12-6-7-12)14(20)18(11-8-13(19)16-15)10-5-4-9-17(2)3/h12H,4-11H2,1-3H3,(H,16,19). The summed E-state index contributed by atoms with van der Waals surface area (Å²) in [7, 11) is 4.12. The molecule has 114 valence electrons. The second kappa shape index (κ2) is 6.12. The van der Waals surface area contributed by atoms with Crippen LogP contribution in [0.5, 0.6) is 0 Å². The van der Waals surface area contributed by atoms with Crippen molar-refractivity contribution in [3.05, 3.63) is 0 Å². The van der Waals surface area contributed by atoms with Crippen molar-refractivity contribution in [3.63, 3.8) is 0 Å². The van der Waals surface area contributed by atoms with E-state index in [1.54, 1.807) is 0 Å². The molecule has 0 spiro atoms. The van der Waals surface area contributed by atoms with E-state index < -0.39 is 5.54 Å². The zero-order chi connectivity index (χ0) is 14.8.